The molecule has 4 bridgehead atoms. The smallest absolute Gasteiger partial charge is 0.335 e. The third-order valence-corrected chi connectivity index (χ3v) is 11.5. The number of phenolic OH excluding ortho intramolecular Hbond substituents is 3. The van der Waals surface area contributed by atoms with E-state index in [1.807, 2.05) is 0 Å². The van der Waals surface area contributed by atoms with E-state index >= 15 is 0 Å². The molecule has 1 aliphatic heterocycles. The molecule has 0 amide bonds. The lowest BCUT2D eigenvalue weighted by Crippen LogP contribution is -2.70. The number of ketones is 2. The highest BCUT2D eigenvalue weighted by Crippen LogP contribution is 2.74. The zero-order valence-electron chi connectivity index (χ0n) is 24.6. The fourth-order valence-electron chi connectivity index (χ4n) is 8.01. The van der Waals surface area contributed by atoms with Crippen molar-refractivity contribution in [2.45, 2.75) is 29.2 Å². The molecule has 6 N–H and O–H groups in total. The number of benzene rings is 3. The average molecular weight is 646 g/mol. The molecule has 5 atom stereocenters. The van der Waals surface area contributed by atoms with Crippen LogP contribution in [0.25, 0.3) is 0 Å². The second-order valence-electron chi connectivity index (χ2n) is 11.7. The number of esters is 1. The Morgan fingerprint density at radius 1 is 0.913 bits per heavy atom. The number of thioether (sulfide) groups is 1. The van der Waals surface area contributed by atoms with Gasteiger partial charge in [-0.1, -0.05) is 31.2 Å². The Kier molecular flexibility index (Phi) is 6.29. The van der Waals surface area contributed by atoms with E-state index in [0.29, 0.717) is 11.1 Å². The van der Waals surface area contributed by atoms with E-state index in [0.717, 1.165) is 23.9 Å². The Morgan fingerprint density at radius 2 is 1.50 bits per heavy atom. The highest BCUT2D eigenvalue weighted by atomic mass is 32.2. The number of nitrogens with one attached hydrogen (secondary N) is 1. The van der Waals surface area contributed by atoms with Crippen LogP contribution in [0.1, 0.15) is 67.4 Å². The number of anilines is 1. The van der Waals surface area contributed by atoms with E-state index in [9.17, 15) is 44.7 Å². The van der Waals surface area contributed by atoms with Crippen LogP contribution in [0.15, 0.2) is 53.8 Å². The largest absolute Gasteiger partial charge is 0.507 e. The summed E-state index contributed by atoms with van der Waals surface area (Å²) in [7, 11) is 2.51. The van der Waals surface area contributed by atoms with Crippen LogP contribution < -0.4 is 5.32 Å². The summed E-state index contributed by atoms with van der Waals surface area (Å²) in [5.74, 6) is -8.12. The van der Waals surface area contributed by atoms with Gasteiger partial charge in [-0.2, -0.15) is 0 Å². The summed E-state index contributed by atoms with van der Waals surface area (Å²) in [6.45, 7) is 1.53. The van der Waals surface area contributed by atoms with Gasteiger partial charge in [0.2, 0.25) is 11.6 Å². The molecule has 0 saturated heterocycles. The van der Waals surface area contributed by atoms with Crippen molar-refractivity contribution in [3.8, 4) is 17.2 Å². The normalized spacial score (nSPS) is 26.7. The van der Waals surface area contributed by atoms with Crippen LogP contribution in [0.3, 0.4) is 0 Å². The molecular formula is C33H27NO11S. The zero-order chi connectivity index (χ0) is 33.0. The molecule has 12 nitrogen and oxygen atoms in total. The molecule has 5 unspecified atom stereocenters. The zero-order valence-corrected chi connectivity index (χ0v) is 25.4. The Labute approximate surface area is 265 Å². The fourth-order valence-corrected chi connectivity index (χ4v) is 9.72. The summed E-state index contributed by atoms with van der Waals surface area (Å²) in [5.41, 5.74) is -2.63. The third-order valence-electron chi connectivity index (χ3n) is 9.84. The van der Waals surface area contributed by atoms with Gasteiger partial charge in [-0.3, -0.25) is 14.4 Å². The lowest BCUT2D eigenvalue weighted by atomic mass is 9.50. The van der Waals surface area contributed by atoms with Crippen LogP contribution in [0.2, 0.25) is 0 Å². The number of aliphatic hydroxyl groups is 1. The molecule has 3 aromatic rings. The van der Waals surface area contributed by atoms with E-state index in [2.05, 4.69) is 5.32 Å². The van der Waals surface area contributed by atoms with Gasteiger partial charge >= 0.3 is 11.9 Å². The number of allylic oxidation sites excluding steroid dienone is 1. The first-order valence-electron chi connectivity index (χ1n) is 14.2. The van der Waals surface area contributed by atoms with Gasteiger partial charge in [-0.15, -0.1) is 11.8 Å². The van der Waals surface area contributed by atoms with E-state index in [4.69, 9.17) is 9.47 Å². The van der Waals surface area contributed by atoms with Crippen LogP contribution in [0, 0.1) is 5.92 Å². The summed E-state index contributed by atoms with van der Waals surface area (Å²) in [5, 5.41) is 59.6. The molecule has 1 heterocycles. The molecule has 46 heavy (non-hydrogen) atoms. The molecule has 0 radical (unpaired) electrons. The summed E-state index contributed by atoms with van der Waals surface area (Å²) in [6.07, 6.45) is 0. The third kappa shape index (κ3) is 3.33. The minimum Gasteiger partial charge on any atom is -0.507 e. The standard InChI is InChI=1S/C33H27NO11S/c1-12-20(31(41)42)29(45-3)25-13-6-4-5-7-14(13)30-32(12,43)33(25,46-11-19(38)44-2)15-10-18(37)23-24(26(15)34-30)28(40)22-17(36)9-8-16(35)21(22)27(23)39/h4-10,12,25,30,34-37,43H,11H2,1-3H3,(H,41,42). The van der Waals surface area contributed by atoms with E-state index < -0.39 is 85.7 Å². The Hall–Kier alpha value is -5.01. The molecule has 0 fully saturated rings. The quantitative estimate of drug-likeness (QED) is 0.137. The number of carbonyl (C=O) groups excluding carboxylic acids is 3. The van der Waals surface area contributed by atoms with Crippen molar-refractivity contribution >= 4 is 41.0 Å². The minimum atomic E-state index is -2.05. The summed E-state index contributed by atoms with van der Waals surface area (Å²) >= 11 is 0.951. The number of rotatable bonds is 5. The average Bonchev–Trinajstić information content (AvgIpc) is 3.02. The van der Waals surface area contributed by atoms with Gasteiger partial charge in [0, 0.05) is 5.92 Å². The number of ether oxygens (including phenoxy) is 2. The van der Waals surface area contributed by atoms with E-state index in [-0.39, 0.29) is 33.9 Å². The molecule has 0 spiro atoms. The first-order valence-corrected chi connectivity index (χ1v) is 15.2. The van der Waals surface area contributed by atoms with Crippen molar-refractivity contribution in [1.82, 2.24) is 0 Å². The van der Waals surface area contributed by atoms with Crippen molar-refractivity contribution in [3.63, 3.8) is 0 Å². The van der Waals surface area contributed by atoms with Gasteiger partial charge in [-0.25, -0.2) is 4.79 Å². The molecule has 3 aliphatic carbocycles. The minimum absolute atomic E-state index is 0.00770. The second kappa shape index (κ2) is 9.74. The first-order chi connectivity index (χ1) is 21.9. The van der Waals surface area contributed by atoms with Crippen LogP contribution in [-0.4, -0.2) is 74.6 Å². The first kappa shape index (κ1) is 29.7. The van der Waals surface area contributed by atoms with Crippen LogP contribution in [0.4, 0.5) is 5.69 Å². The predicted octanol–water partition coefficient (Wildman–Crippen LogP) is 3.31. The van der Waals surface area contributed by atoms with Crippen molar-refractivity contribution in [2.24, 2.45) is 5.92 Å². The van der Waals surface area contributed by atoms with Gasteiger partial charge in [0.15, 0.2) is 0 Å². The number of phenols is 3. The Morgan fingerprint density at radius 3 is 2.09 bits per heavy atom. The molecule has 236 valence electrons. The number of carboxylic acid groups (broad SMARTS) is 1. The van der Waals surface area contributed by atoms with Crippen molar-refractivity contribution < 1.29 is 54.2 Å². The molecule has 7 rings (SSSR count). The SMILES string of the molecule is COC(=O)CSC12c3cc(O)c4c(c3NC3c5ccccc5C1C(OC)=C(C(=O)O)C(C)C32O)C(=O)c1c(O)ccc(O)c1C4=O. The van der Waals surface area contributed by atoms with Gasteiger partial charge in [0.05, 0.1) is 70.2 Å². The molecule has 4 aliphatic rings. The summed E-state index contributed by atoms with van der Waals surface area (Å²) < 4.78 is 9.06. The van der Waals surface area contributed by atoms with Gasteiger partial charge in [-0.05, 0) is 34.9 Å². The number of aromatic hydroxyl groups is 3. The molecule has 3 aromatic carbocycles. The maximum absolute atomic E-state index is 14.3. The van der Waals surface area contributed by atoms with Crippen molar-refractivity contribution in [3.05, 3.63) is 92.7 Å². The number of methoxy groups -OCH3 is 2. The lowest BCUT2D eigenvalue weighted by Gasteiger charge is -2.65. The number of hydrogen-bond acceptors (Lipinski definition) is 12. The lowest BCUT2D eigenvalue weighted by molar-refractivity contribution is -0.140. The van der Waals surface area contributed by atoms with Crippen LogP contribution in [0.5, 0.6) is 17.2 Å². The highest BCUT2D eigenvalue weighted by molar-refractivity contribution is 8.01. The monoisotopic (exact) mass is 645 g/mol. The number of carbonyl (C=O) groups is 4. The fraction of sp³-hybridized carbons (Fsp3) is 0.273. The molecular weight excluding hydrogens is 618 g/mol. The van der Waals surface area contributed by atoms with Crippen molar-refractivity contribution in [1.29, 1.82) is 0 Å². The molecule has 0 saturated carbocycles. The molecule has 0 aromatic heterocycles. The molecule has 13 heteroatoms. The van der Waals surface area contributed by atoms with E-state index in [1.165, 1.54) is 27.2 Å². The maximum atomic E-state index is 14.3. The number of aliphatic carboxylic acids is 1. The van der Waals surface area contributed by atoms with Gasteiger partial charge in [0.25, 0.3) is 0 Å². The van der Waals surface area contributed by atoms with Gasteiger partial charge in [0.1, 0.15) is 28.6 Å². The Balaban J connectivity index is 1.64. The number of carboxylic acids is 1. The summed E-state index contributed by atoms with van der Waals surface area (Å²) in [4.78, 5) is 53.6. The summed E-state index contributed by atoms with van der Waals surface area (Å²) in [6, 6.07) is 9.22. The van der Waals surface area contributed by atoms with Crippen LogP contribution >= 0.6 is 11.8 Å². The maximum Gasteiger partial charge on any atom is 0.335 e. The van der Waals surface area contributed by atoms with Crippen molar-refractivity contribution in [2.75, 3.05) is 25.3 Å². The Bertz CT molecular complexity index is 1990. The second-order valence-corrected chi connectivity index (χ2v) is 12.9. The van der Waals surface area contributed by atoms with Gasteiger partial charge < -0.3 is 40.3 Å². The van der Waals surface area contributed by atoms with E-state index in [1.54, 1.807) is 24.3 Å². The highest BCUT2D eigenvalue weighted by Gasteiger charge is 2.74. The predicted molar refractivity (Wildman–Crippen MR) is 162 cm³/mol. The number of hydrogen-bond donors (Lipinski definition) is 6. The number of fused-ring (bicyclic) bond motifs is 7. The van der Waals surface area contributed by atoms with Crippen LogP contribution in [-0.2, 0) is 23.8 Å². The topological polar surface area (TPSA) is 200 Å².